The number of halogens is 1. The zero-order valence-electron chi connectivity index (χ0n) is 10.4. The topological polar surface area (TPSA) is 89.0 Å². The van der Waals surface area contributed by atoms with Crippen LogP contribution in [0.5, 0.6) is 0 Å². The van der Waals surface area contributed by atoms with Gasteiger partial charge in [0.2, 0.25) is 0 Å². The van der Waals surface area contributed by atoms with Crippen molar-refractivity contribution in [2.75, 3.05) is 4.72 Å². The number of hydrogen-bond donors (Lipinski definition) is 1. The molecular weight excluding hydrogens is 302 g/mol. The molecule has 0 atom stereocenters. The fourth-order valence-electron chi connectivity index (χ4n) is 1.47. The molecule has 104 valence electrons. The maximum Gasteiger partial charge on any atom is 0.263 e. The number of hydrogen-bond acceptors (Lipinski definition) is 5. The predicted octanol–water partition coefficient (Wildman–Crippen LogP) is 2.13. The van der Waals surface area contributed by atoms with Gasteiger partial charge in [-0.1, -0.05) is 23.7 Å². The second-order valence-electron chi connectivity index (χ2n) is 3.92. The SMILES string of the molecule is CC(=O)c1cccc(S(=O)(=O)Nc2cncc(Cl)n2)c1. The van der Waals surface area contributed by atoms with Gasteiger partial charge >= 0.3 is 0 Å². The minimum atomic E-state index is -3.85. The lowest BCUT2D eigenvalue weighted by atomic mass is 10.2. The Kier molecular flexibility index (Phi) is 4.01. The van der Waals surface area contributed by atoms with Gasteiger partial charge in [-0.15, -0.1) is 0 Å². The molecule has 0 unspecified atom stereocenters. The Balaban J connectivity index is 2.35. The first kappa shape index (κ1) is 14.4. The summed E-state index contributed by atoms with van der Waals surface area (Å²) in [5.74, 6) is -0.213. The minimum Gasteiger partial charge on any atom is -0.295 e. The van der Waals surface area contributed by atoms with Gasteiger partial charge in [0.25, 0.3) is 10.0 Å². The molecule has 6 nitrogen and oxygen atoms in total. The number of carbonyl (C=O) groups excluding carboxylic acids is 1. The Morgan fingerprint density at radius 1 is 1.30 bits per heavy atom. The predicted molar refractivity (Wildman–Crippen MR) is 74.3 cm³/mol. The zero-order valence-corrected chi connectivity index (χ0v) is 11.9. The Hall–Kier alpha value is -1.99. The lowest BCUT2D eigenvalue weighted by Gasteiger charge is -2.07. The first-order valence-corrected chi connectivity index (χ1v) is 7.36. The standard InChI is InChI=1S/C12H10ClN3O3S/c1-8(17)9-3-2-4-10(5-9)20(18,19)16-12-7-14-6-11(13)15-12/h2-7H,1H3,(H,15,16). The highest BCUT2D eigenvalue weighted by Gasteiger charge is 2.16. The summed E-state index contributed by atoms with van der Waals surface area (Å²) in [5, 5.41) is 0.0719. The normalized spacial score (nSPS) is 11.1. The molecule has 0 aliphatic heterocycles. The van der Waals surface area contributed by atoms with Crippen molar-refractivity contribution in [3.63, 3.8) is 0 Å². The van der Waals surface area contributed by atoms with Gasteiger partial charge in [0.05, 0.1) is 17.3 Å². The molecule has 2 aromatic rings. The summed E-state index contributed by atoms with van der Waals surface area (Å²) in [7, 11) is -3.85. The highest BCUT2D eigenvalue weighted by atomic mass is 35.5. The summed E-state index contributed by atoms with van der Waals surface area (Å²) in [5.41, 5.74) is 0.310. The third-order valence-electron chi connectivity index (χ3n) is 2.39. The van der Waals surface area contributed by atoms with Crippen LogP contribution in [0.2, 0.25) is 5.15 Å². The van der Waals surface area contributed by atoms with Crippen molar-refractivity contribution in [2.24, 2.45) is 0 Å². The van der Waals surface area contributed by atoms with Crippen LogP contribution in [0.4, 0.5) is 5.82 Å². The number of Topliss-reactive ketones (excluding diaryl/α,β-unsaturated/α-hetero) is 1. The van der Waals surface area contributed by atoms with Crippen molar-refractivity contribution >= 4 is 33.2 Å². The van der Waals surface area contributed by atoms with E-state index in [0.29, 0.717) is 5.56 Å². The van der Waals surface area contributed by atoms with Crippen molar-refractivity contribution in [3.05, 3.63) is 47.4 Å². The Bertz CT molecular complexity index is 762. The number of ketones is 1. The second-order valence-corrected chi connectivity index (χ2v) is 5.99. The fourth-order valence-corrected chi connectivity index (χ4v) is 2.65. The first-order chi connectivity index (χ1) is 9.38. The largest absolute Gasteiger partial charge is 0.295 e. The maximum atomic E-state index is 12.2. The lowest BCUT2D eigenvalue weighted by Crippen LogP contribution is -2.14. The van der Waals surface area contributed by atoms with E-state index < -0.39 is 10.0 Å². The van der Waals surface area contributed by atoms with Gasteiger partial charge in [-0.2, -0.15) is 0 Å². The van der Waals surface area contributed by atoms with Crippen molar-refractivity contribution in [1.82, 2.24) is 9.97 Å². The van der Waals surface area contributed by atoms with Crippen LogP contribution in [0.15, 0.2) is 41.6 Å². The highest BCUT2D eigenvalue weighted by molar-refractivity contribution is 7.92. The van der Waals surface area contributed by atoms with Crippen molar-refractivity contribution < 1.29 is 13.2 Å². The van der Waals surface area contributed by atoms with Gasteiger partial charge in [0.1, 0.15) is 5.15 Å². The van der Waals surface area contributed by atoms with Gasteiger partial charge in [-0.05, 0) is 19.1 Å². The quantitative estimate of drug-likeness (QED) is 0.874. The van der Waals surface area contributed by atoms with Crippen LogP contribution in [-0.4, -0.2) is 24.2 Å². The molecule has 0 bridgehead atoms. The molecule has 0 aliphatic carbocycles. The van der Waals surface area contributed by atoms with Gasteiger partial charge in [-0.25, -0.2) is 13.4 Å². The van der Waals surface area contributed by atoms with Gasteiger partial charge in [0.15, 0.2) is 11.6 Å². The average Bonchev–Trinajstić information content (AvgIpc) is 2.38. The monoisotopic (exact) mass is 311 g/mol. The van der Waals surface area contributed by atoms with Crippen LogP contribution in [-0.2, 0) is 10.0 Å². The molecule has 0 radical (unpaired) electrons. The number of aromatic nitrogens is 2. The first-order valence-electron chi connectivity index (χ1n) is 5.50. The Labute approximate surface area is 120 Å². The van der Waals surface area contributed by atoms with E-state index in [0.717, 1.165) is 0 Å². The van der Waals surface area contributed by atoms with E-state index in [1.54, 1.807) is 6.07 Å². The number of anilines is 1. The maximum absolute atomic E-state index is 12.2. The molecule has 8 heteroatoms. The summed E-state index contributed by atoms with van der Waals surface area (Å²) >= 11 is 5.63. The molecule has 0 aliphatic rings. The van der Waals surface area contributed by atoms with E-state index in [-0.39, 0.29) is 21.6 Å². The van der Waals surface area contributed by atoms with Gasteiger partial charge < -0.3 is 0 Å². The third kappa shape index (κ3) is 3.31. The van der Waals surface area contributed by atoms with Gasteiger partial charge in [-0.3, -0.25) is 14.5 Å². The molecule has 1 aromatic heterocycles. The van der Waals surface area contributed by atoms with Crippen LogP contribution < -0.4 is 4.72 Å². The summed E-state index contributed by atoms with van der Waals surface area (Å²) in [6.45, 7) is 1.36. The Morgan fingerprint density at radius 2 is 2.05 bits per heavy atom. The number of sulfonamides is 1. The fraction of sp³-hybridized carbons (Fsp3) is 0.0833. The molecule has 0 saturated carbocycles. The molecule has 1 N–H and O–H groups in total. The van der Waals surface area contributed by atoms with Crippen LogP contribution in [0.3, 0.4) is 0 Å². The molecule has 0 fully saturated rings. The van der Waals surface area contributed by atoms with Crippen LogP contribution >= 0.6 is 11.6 Å². The number of rotatable bonds is 4. The molecular formula is C12H10ClN3O3S. The number of nitrogens with one attached hydrogen (secondary N) is 1. The molecule has 20 heavy (non-hydrogen) atoms. The third-order valence-corrected chi connectivity index (χ3v) is 3.93. The van der Waals surface area contributed by atoms with E-state index in [4.69, 9.17) is 11.6 Å². The molecule has 0 amide bonds. The van der Waals surface area contributed by atoms with Gasteiger partial charge in [0, 0.05) is 5.56 Å². The van der Waals surface area contributed by atoms with Crippen LogP contribution in [0.1, 0.15) is 17.3 Å². The van der Waals surface area contributed by atoms with Crippen LogP contribution in [0.25, 0.3) is 0 Å². The molecule has 1 aromatic carbocycles. The minimum absolute atomic E-state index is 0.00530. The van der Waals surface area contributed by atoms with E-state index in [1.165, 1.54) is 37.5 Å². The van der Waals surface area contributed by atoms with Crippen LogP contribution in [0, 0.1) is 0 Å². The summed E-state index contributed by atoms with van der Waals surface area (Å²) in [6, 6.07) is 5.71. The molecule has 0 spiro atoms. The molecule has 2 rings (SSSR count). The molecule has 0 saturated heterocycles. The van der Waals surface area contributed by atoms with E-state index in [1.807, 2.05) is 0 Å². The Morgan fingerprint density at radius 3 is 2.70 bits per heavy atom. The number of carbonyl (C=O) groups is 1. The van der Waals surface area contributed by atoms with E-state index in [9.17, 15) is 13.2 Å². The van der Waals surface area contributed by atoms with E-state index in [2.05, 4.69) is 14.7 Å². The van der Waals surface area contributed by atoms with Crippen molar-refractivity contribution in [1.29, 1.82) is 0 Å². The van der Waals surface area contributed by atoms with Crippen molar-refractivity contribution in [2.45, 2.75) is 11.8 Å². The summed E-state index contributed by atoms with van der Waals surface area (Å²) < 4.78 is 26.6. The zero-order chi connectivity index (χ0) is 14.8. The number of nitrogens with zero attached hydrogens (tertiary/aromatic N) is 2. The van der Waals surface area contributed by atoms with Crippen molar-refractivity contribution in [3.8, 4) is 0 Å². The average molecular weight is 312 g/mol. The highest BCUT2D eigenvalue weighted by Crippen LogP contribution is 2.16. The second kappa shape index (κ2) is 5.56. The summed E-state index contributed by atoms with van der Waals surface area (Å²) in [4.78, 5) is 18.8. The number of benzene rings is 1. The summed E-state index contributed by atoms with van der Waals surface area (Å²) in [6.07, 6.45) is 2.52. The lowest BCUT2D eigenvalue weighted by molar-refractivity contribution is 0.101. The smallest absolute Gasteiger partial charge is 0.263 e. The molecule has 1 heterocycles. The van der Waals surface area contributed by atoms with E-state index >= 15 is 0 Å².